The molecule has 0 unspecified atom stereocenters. The molecule has 1 aliphatic rings. The fourth-order valence-electron chi connectivity index (χ4n) is 3.03. The Hall–Kier alpha value is -3.22. The van der Waals surface area contributed by atoms with E-state index in [1.165, 1.54) is 12.1 Å². The molecular formula is C22H24FN3O3. The van der Waals surface area contributed by atoms with E-state index in [1.54, 1.807) is 12.1 Å². The van der Waals surface area contributed by atoms with Gasteiger partial charge in [-0.1, -0.05) is 54.5 Å². The van der Waals surface area contributed by atoms with E-state index in [4.69, 9.17) is 4.84 Å². The van der Waals surface area contributed by atoms with Crippen LogP contribution in [-0.2, 0) is 20.8 Å². The van der Waals surface area contributed by atoms with Gasteiger partial charge in [0.05, 0.1) is 5.71 Å². The molecule has 0 aromatic heterocycles. The summed E-state index contributed by atoms with van der Waals surface area (Å²) in [5.74, 6) is -0.982. The van der Waals surface area contributed by atoms with Crippen molar-refractivity contribution < 1.29 is 18.8 Å². The largest absolute Gasteiger partial charge is 0.382 e. The predicted octanol–water partition coefficient (Wildman–Crippen LogP) is 2.57. The average Bonchev–Trinajstić information content (AvgIpc) is 3.23. The van der Waals surface area contributed by atoms with Crippen LogP contribution >= 0.6 is 0 Å². The number of carbonyl (C=O) groups is 2. The highest BCUT2D eigenvalue weighted by Gasteiger charge is 2.32. The van der Waals surface area contributed by atoms with Gasteiger partial charge in [-0.3, -0.25) is 9.59 Å². The van der Waals surface area contributed by atoms with Gasteiger partial charge in [0.1, 0.15) is 11.9 Å². The van der Waals surface area contributed by atoms with Crippen molar-refractivity contribution in [2.75, 3.05) is 6.54 Å². The number of hydrogen-bond acceptors (Lipinski definition) is 4. The van der Waals surface area contributed by atoms with E-state index < -0.39 is 18.1 Å². The summed E-state index contributed by atoms with van der Waals surface area (Å²) in [5.41, 5.74) is 2.21. The maximum atomic E-state index is 13.1. The van der Waals surface area contributed by atoms with Crippen molar-refractivity contribution in [2.45, 2.75) is 38.3 Å². The average molecular weight is 397 g/mol. The van der Waals surface area contributed by atoms with Gasteiger partial charge in [0.25, 0.3) is 5.91 Å². The second kappa shape index (κ2) is 9.82. The Kier molecular flexibility index (Phi) is 6.94. The lowest BCUT2D eigenvalue weighted by Gasteiger charge is -2.20. The van der Waals surface area contributed by atoms with Gasteiger partial charge < -0.3 is 15.5 Å². The minimum absolute atomic E-state index is 0.235. The van der Waals surface area contributed by atoms with Crippen molar-refractivity contribution in [2.24, 2.45) is 5.16 Å². The Labute approximate surface area is 169 Å². The van der Waals surface area contributed by atoms with E-state index in [2.05, 4.69) is 15.8 Å². The molecule has 0 radical (unpaired) electrons. The van der Waals surface area contributed by atoms with E-state index in [9.17, 15) is 14.0 Å². The Bertz CT molecular complexity index is 869. The highest BCUT2D eigenvalue weighted by molar-refractivity contribution is 6.04. The quantitative estimate of drug-likeness (QED) is 0.719. The Morgan fingerprint density at radius 3 is 2.59 bits per heavy atom. The van der Waals surface area contributed by atoms with Crippen LogP contribution in [0.1, 0.15) is 30.9 Å². The zero-order chi connectivity index (χ0) is 20.6. The molecule has 0 fully saturated rings. The summed E-state index contributed by atoms with van der Waals surface area (Å²) in [6.07, 6.45) is 0.609. The maximum Gasteiger partial charge on any atom is 0.265 e. The van der Waals surface area contributed by atoms with Crippen LogP contribution in [-0.4, -0.2) is 36.2 Å². The third-order valence-electron chi connectivity index (χ3n) is 4.60. The molecule has 0 bridgehead atoms. The van der Waals surface area contributed by atoms with Gasteiger partial charge in [-0.25, -0.2) is 4.39 Å². The van der Waals surface area contributed by atoms with Crippen molar-refractivity contribution in [1.29, 1.82) is 0 Å². The molecule has 2 amide bonds. The van der Waals surface area contributed by atoms with Crippen LogP contribution in [0.2, 0.25) is 0 Å². The normalized spacial score (nSPS) is 16.5. The topological polar surface area (TPSA) is 79.8 Å². The van der Waals surface area contributed by atoms with Crippen molar-refractivity contribution in [3.63, 3.8) is 0 Å². The first-order valence-electron chi connectivity index (χ1n) is 9.67. The number of nitrogens with zero attached hydrogens (tertiary/aromatic N) is 1. The molecule has 2 aromatic rings. The first-order chi connectivity index (χ1) is 14.1. The molecule has 1 aliphatic heterocycles. The molecule has 0 spiro atoms. The monoisotopic (exact) mass is 397 g/mol. The van der Waals surface area contributed by atoms with E-state index in [0.717, 1.165) is 12.0 Å². The van der Waals surface area contributed by atoms with Gasteiger partial charge >= 0.3 is 0 Å². The van der Waals surface area contributed by atoms with Gasteiger partial charge in [0.2, 0.25) is 12.0 Å². The molecule has 152 valence electrons. The molecule has 2 aromatic carbocycles. The van der Waals surface area contributed by atoms with Crippen LogP contribution < -0.4 is 10.6 Å². The molecule has 29 heavy (non-hydrogen) atoms. The van der Waals surface area contributed by atoms with Crippen molar-refractivity contribution in [1.82, 2.24) is 10.6 Å². The highest BCUT2D eigenvalue weighted by Crippen LogP contribution is 2.17. The molecule has 0 saturated carbocycles. The van der Waals surface area contributed by atoms with Crippen LogP contribution in [0, 0.1) is 5.82 Å². The maximum absolute atomic E-state index is 13.1. The number of rotatable bonds is 8. The highest BCUT2D eigenvalue weighted by atomic mass is 19.1. The second-order valence-corrected chi connectivity index (χ2v) is 6.88. The minimum atomic E-state index is -0.827. The zero-order valence-corrected chi connectivity index (χ0v) is 16.2. The van der Waals surface area contributed by atoms with E-state index in [-0.39, 0.29) is 18.1 Å². The van der Waals surface area contributed by atoms with Crippen LogP contribution in [0.25, 0.3) is 0 Å². The molecular weight excluding hydrogens is 373 g/mol. The summed E-state index contributed by atoms with van der Waals surface area (Å²) in [6.45, 7) is 2.50. The van der Waals surface area contributed by atoms with Gasteiger partial charge in [-0.05, 0) is 29.7 Å². The molecule has 1 heterocycles. The van der Waals surface area contributed by atoms with Crippen LogP contribution in [0.4, 0.5) is 4.39 Å². The summed E-state index contributed by atoms with van der Waals surface area (Å²) in [7, 11) is 0. The molecule has 6 nitrogen and oxygen atoms in total. The minimum Gasteiger partial charge on any atom is -0.382 e. The number of benzene rings is 2. The number of carbonyl (C=O) groups excluding carboxylic acids is 2. The van der Waals surface area contributed by atoms with Gasteiger partial charge in [-0.15, -0.1) is 0 Å². The van der Waals surface area contributed by atoms with Crippen molar-refractivity contribution in [3.05, 3.63) is 71.5 Å². The third kappa shape index (κ3) is 5.63. The smallest absolute Gasteiger partial charge is 0.265 e. The predicted molar refractivity (Wildman–Crippen MR) is 108 cm³/mol. The van der Waals surface area contributed by atoms with Crippen LogP contribution in [0.5, 0.6) is 0 Å². The molecule has 7 heteroatoms. The molecule has 0 aliphatic carbocycles. The lowest BCUT2D eigenvalue weighted by atomic mass is 10.0. The SMILES string of the molecule is CCCNC(=O)[C@H](Cc1ccccc1)NC(=O)[C@@H]1CC(c2ccc(F)cc2)=NO1. The Morgan fingerprint density at radius 1 is 1.17 bits per heavy atom. The summed E-state index contributed by atoms with van der Waals surface area (Å²) in [4.78, 5) is 30.5. The molecule has 0 saturated heterocycles. The summed E-state index contributed by atoms with van der Waals surface area (Å²) in [6, 6.07) is 14.6. The van der Waals surface area contributed by atoms with Gasteiger partial charge in [0, 0.05) is 19.4 Å². The van der Waals surface area contributed by atoms with Gasteiger partial charge in [-0.2, -0.15) is 0 Å². The van der Waals surface area contributed by atoms with E-state index >= 15 is 0 Å². The second-order valence-electron chi connectivity index (χ2n) is 6.88. The fourth-order valence-corrected chi connectivity index (χ4v) is 3.03. The number of halogens is 1. The number of oxime groups is 1. The fraction of sp³-hybridized carbons (Fsp3) is 0.318. The van der Waals surface area contributed by atoms with Crippen molar-refractivity contribution in [3.8, 4) is 0 Å². The lowest BCUT2D eigenvalue weighted by molar-refractivity contribution is -0.135. The molecule has 2 atom stereocenters. The van der Waals surface area contributed by atoms with Crippen LogP contribution in [0.3, 0.4) is 0 Å². The van der Waals surface area contributed by atoms with Crippen molar-refractivity contribution >= 4 is 17.5 Å². The first-order valence-corrected chi connectivity index (χ1v) is 9.67. The number of nitrogens with one attached hydrogen (secondary N) is 2. The summed E-state index contributed by atoms with van der Waals surface area (Å²) < 4.78 is 13.1. The Morgan fingerprint density at radius 2 is 1.90 bits per heavy atom. The zero-order valence-electron chi connectivity index (χ0n) is 16.2. The lowest BCUT2D eigenvalue weighted by Crippen LogP contribution is -2.51. The van der Waals surface area contributed by atoms with Crippen LogP contribution in [0.15, 0.2) is 59.8 Å². The molecule has 2 N–H and O–H groups in total. The molecule has 3 rings (SSSR count). The summed E-state index contributed by atoms with van der Waals surface area (Å²) in [5, 5.41) is 9.57. The Balaban J connectivity index is 1.63. The third-order valence-corrected chi connectivity index (χ3v) is 4.60. The van der Waals surface area contributed by atoms with E-state index in [0.29, 0.717) is 24.2 Å². The van der Waals surface area contributed by atoms with Gasteiger partial charge in [0.15, 0.2) is 0 Å². The standard InChI is InChI=1S/C22H24FN3O3/c1-2-12-24-21(27)19(13-15-6-4-3-5-7-15)25-22(28)20-14-18(26-29-20)16-8-10-17(23)11-9-16/h3-11,19-20H,2,12-14H2,1H3,(H,24,27)(H,25,28)/t19-,20-/m0/s1. The number of hydrogen-bond donors (Lipinski definition) is 2. The van der Waals surface area contributed by atoms with E-state index in [1.807, 2.05) is 37.3 Å². The number of amides is 2. The summed E-state index contributed by atoms with van der Waals surface area (Å²) >= 11 is 0. The first kappa shape index (κ1) is 20.5.